The molecular formula is C13H23N3O. The van der Waals surface area contributed by atoms with E-state index in [2.05, 4.69) is 35.9 Å². The Morgan fingerprint density at radius 3 is 2.53 bits per heavy atom. The van der Waals surface area contributed by atoms with Crippen LogP contribution in [0.4, 0.5) is 0 Å². The van der Waals surface area contributed by atoms with Gasteiger partial charge in [-0.2, -0.15) is 0 Å². The summed E-state index contributed by atoms with van der Waals surface area (Å²) in [7, 11) is 2.16. The highest BCUT2D eigenvalue weighted by Gasteiger charge is 2.24. The number of furan rings is 1. The quantitative estimate of drug-likeness (QED) is 0.851. The van der Waals surface area contributed by atoms with E-state index in [-0.39, 0.29) is 6.04 Å². The monoisotopic (exact) mass is 237 g/mol. The SMILES string of the molecule is CCc1ccc(C(CN)N2CCN(C)CC2)o1. The molecular weight excluding hydrogens is 214 g/mol. The summed E-state index contributed by atoms with van der Waals surface area (Å²) >= 11 is 0. The van der Waals surface area contributed by atoms with Crippen molar-refractivity contribution in [3.05, 3.63) is 23.7 Å². The summed E-state index contributed by atoms with van der Waals surface area (Å²) in [6.07, 6.45) is 0.944. The maximum atomic E-state index is 5.91. The fourth-order valence-electron chi connectivity index (χ4n) is 2.34. The minimum atomic E-state index is 0.240. The van der Waals surface area contributed by atoms with Gasteiger partial charge in [0.05, 0.1) is 6.04 Å². The van der Waals surface area contributed by atoms with Gasteiger partial charge in [-0.1, -0.05) is 6.92 Å². The van der Waals surface area contributed by atoms with Gasteiger partial charge in [0, 0.05) is 39.1 Å². The van der Waals surface area contributed by atoms with Crippen LogP contribution in [-0.4, -0.2) is 49.6 Å². The molecule has 1 saturated heterocycles. The van der Waals surface area contributed by atoms with Crippen molar-refractivity contribution >= 4 is 0 Å². The number of rotatable bonds is 4. The Kier molecular flexibility index (Phi) is 4.20. The first-order valence-electron chi connectivity index (χ1n) is 6.46. The van der Waals surface area contributed by atoms with Gasteiger partial charge < -0.3 is 15.1 Å². The Balaban J connectivity index is 2.05. The lowest BCUT2D eigenvalue weighted by Crippen LogP contribution is -2.47. The van der Waals surface area contributed by atoms with Crippen molar-refractivity contribution in [3.63, 3.8) is 0 Å². The van der Waals surface area contributed by atoms with E-state index >= 15 is 0 Å². The van der Waals surface area contributed by atoms with Gasteiger partial charge in [-0.25, -0.2) is 0 Å². The predicted molar refractivity (Wildman–Crippen MR) is 69.0 cm³/mol. The second-order valence-electron chi connectivity index (χ2n) is 4.75. The number of hydrogen-bond acceptors (Lipinski definition) is 4. The standard InChI is InChI=1S/C13H23N3O/c1-3-11-4-5-13(17-11)12(10-14)16-8-6-15(2)7-9-16/h4-5,12H,3,6-10,14H2,1-2H3. The zero-order valence-corrected chi connectivity index (χ0v) is 10.9. The molecule has 1 aromatic rings. The van der Waals surface area contributed by atoms with Crippen molar-refractivity contribution in [2.24, 2.45) is 5.73 Å². The lowest BCUT2D eigenvalue weighted by Gasteiger charge is -2.36. The summed E-state index contributed by atoms with van der Waals surface area (Å²) in [6.45, 7) is 7.09. The molecule has 1 aliphatic rings. The normalized spacial score (nSPS) is 20.6. The van der Waals surface area contributed by atoms with Gasteiger partial charge in [0.2, 0.25) is 0 Å². The largest absolute Gasteiger partial charge is 0.464 e. The number of piperazine rings is 1. The van der Waals surface area contributed by atoms with Crippen molar-refractivity contribution in [3.8, 4) is 0 Å². The van der Waals surface area contributed by atoms with E-state index in [1.54, 1.807) is 0 Å². The minimum Gasteiger partial charge on any atom is -0.464 e. The summed E-state index contributed by atoms with van der Waals surface area (Å²) in [5.74, 6) is 2.07. The van der Waals surface area contributed by atoms with E-state index in [1.165, 1.54) is 0 Å². The van der Waals surface area contributed by atoms with Crippen LogP contribution in [0.2, 0.25) is 0 Å². The van der Waals surface area contributed by atoms with Crippen LogP contribution in [0.25, 0.3) is 0 Å². The highest BCUT2D eigenvalue weighted by molar-refractivity contribution is 5.11. The second-order valence-corrected chi connectivity index (χ2v) is 4.75. The Labute approximate surface area is 103 Å². The third kappa shape index (κ3) is 2.89. The molecule has 1 atom stereocenters. The molecule has 1 unspecified atom stereocenters. The van der Waals surface area contributed by atoms with Gasteiger partial charge in [0.1, 0.15) is 11.5 Å². The van der Waals surface area contributed by atoms with E-state index < -0.39 is 0 Å². The van der Waals surface area contributed by atoms with Crippen molar-refractivity contribution in [2.45, 2.75) is 19.4 Å². The lowest BCUT2D eigenvalue weighted by atomic mass is 10.1. The number of likely N-dealkylation sites (N-methyl/N-ethyl adjacent to an activating group) is 1. The molecule has 2 heterocycles. The molecule has 0 spiro atoms. The van der Waals surface area contributed by atoms with Crippen LogP contribution in [0, 0.1) is 0 Å². The first kappa shape index (κ1) is 12.6. The topological polar surface area (TPSA) is 45.6 Å². The number of nitrogens with zero attached hydrogens (tertiary/aromatic N) is 2. The summed E-state index contributed by atoms with van der Waals surface area (Å²) in [6, 6.07) is 4.38. The Morgan fingerprint density at radius 2 is 2.00 bits per heavy atom. The summed E-state index contributed by atoms with van der Waals surface area (Å²) < 4.78 is 5.83. The molecule has 0 amide bonds. The molecule has 0 radical (unpaired) electrons. The maximum absolute atomic E-state index is 5.91. The van der Waals surface area contributed by atoms with E-state index in [0.29, 0.717) is 6.54 Å². The third-order valence-corrected chi connectivity index (χ3v) is 3.56. The fraction of sp³-hybridized carbons (Fsp3) is 0.692. The van der Waals surface area contributed by atoms with Gasteiger partial charge in [0.15, 0.2) is 0 Å². The van der Waals surface area contributed by atoms with Gasteiger partial charge in [-0.15, -0.1) is 0 Å². The zero-order valence-electron chi connectivity index (χ0n) is 10.9. The Bertz CT molecular complexity index is 342. The molecule has 1 aromatic heterocycles. The zero-order chi connectivity index (χ0) is 12.3. The number of aryl methyl sites for hydroxylation is 1. The van der Waals surface area contributed by atoms with Gasteiger partial charge in [-0.05, 0) is 19.2 Å². The van der Waals surface area contributed by atoms with E-state index in [0.717, 1.165) is 44.1 Å². The highest BCUT2D eigenvalue weighted by Crippen LogP contribution is 2.23. The molecule has 96 valence electrons. The van der Waals surface area contributed by atoms with Crippen LogP contribution >= 0.6 is 0 Å². The predicted octanol–water partition coefficient (Wildman–Crippen LogP) is 1.09. The average Bonchev–Trinajstić information content (AvgIpc) is 2.81. The molecule has 0 aliphatic carbocycles. The van der Waals surface area contributed by atoms with Crippen LogP contribution in [0.3, 0.4) is 0 Å². The van der Waals surface area contributed by atoms with E-state index in [4.69, 9.17) is 10.2 Å². The van der Waals surface area contributed by atoms with Gasteiger partial charge in [0.25, 0.3) is 0 Å². The Hall–Kier alpha value is -0.840. The molecule has 2 rings (SSSR count). The fourth-order valence-corrected chi connectivity index (χ4v) is 2.34. The van der Waals surface area contributed by atoms with E-state index in [9.17, 15) is 0 Å². The van der Waals surface area contributed by atoms with Gasteiger partial charge in [-0.3, -0.25) is 4.90 Å². The second kappa shape index (κ2) is 5.67. The summed E-state index contributed by atoms with van der Waals surface area (Å²) in [5.41, 5.74) is 5.91. The van der Waals surface area contributed by atoms with Crippen LogP contribution in [0.1, 0.15) is 24.5 Å². The maximum Gasteiger partial charge on any atom is 0.122 e. The summed E-state index contributed by atoms with van der Waals surface area (Å²) in [4.78, 5) is 4.78. The van der Waals surface area contributed by atoms with Crippen molar-refractivity contribution in [2.75, 3.05) is 39.8 Å². The van der Waals surface area contributed by atoms with E-state index in [1.807, 2.05) is 0 Å². The molecule has 1 aliphatic heterocycles. The van der Waals surface area contributed by atoms with Crippen LogP contribution < -0.4 is 5.73 Å². The lowest BCUT2D eigenvalue weighted by molar-refractivity contribution is 0.103. The number of hydrogen-bond donors (Lipinski definition) is 1. The third-order valence-electron chi connectivity index (χ3n) is 3.56. The smallest absolute Gasteiger partial charge is 0.122 e. The summed E-state index contributed by atoms with van der Waals surface area (Å²) in [5, 5.41) is 0. The molecule has 0 saturated carbocycles. The number of nitrogens with two attached hydrogens (primary N) is 1. The minimum absolute atomic E-state index is 0.240. The molecule has 4 nitrogen and oxygen atoms in total. The highest BCUT2D eigenvalue weighted by atomic mass is 16.3. The molecule has 0 aromatic carbocycles. The van der Waals surface area contributed by atoms with Gasteiger partial charge >= 0.3 is 0 Å². The Morgan fingerprint density at radius 1 is 1.29 bits per heavy atom. The molecule has 2 N–H and O–H groups in total. The van der Waals surface area contributed by atoms with Crippen LogP contribution in [-0.2, 0) is 6.42 Å². The van der Waals surface area contributed by atoms with Crippen LogP contribution in [0.15, 0.2) is 16.5 Å². The van der Waals surface area contributed by atoms with Crippen molar-refractivity contribution in [1.82, 2.24) is 9.80 Å². The first-order chi connectivity index (χ1) is 8.24. The molecule has 4 heteroatoms. The van der Waals surface area contributed by atoms with Crippen molar-refractivity contribution in [1.29, 1.82) is 0 Å². The molecule has 17 heavy (non-hydrogen) atoms. The average molecular weight is 237 g/mol. The molecule has 1 fully saturated rings. The first-order valence-corrected chi connectivity index (χ1v) is 6.46. The van der Waals surface area contributed by atoms with Crippen molar-refractivity contribution < 1.29 is 4.42 Å². The van der Waals surface area contributed by atoms with Crippen LogP contribution in [0.5, 0.6) is 0 Å². The molecule has 0 bridgehead atoms.